The Hall–Kier alpha value is 0.850. The minimum Gasteiger partial charge on any atom is -0.747 e. The van der Waals surface area contributed by atoms with Crippen LogP contribution in [0.25, 0.3) is 0 Å². The third-order valence-corrected chi connectivity index (χ3v) is 6.31. The molecule has 0 aromatic rings. The van der Waals surface area contributed by atoms with E-state index in [0.717, 1.165) is 57.8 Å². The Morgan fingerprint density at radius 3 is 1.47 bits per heavy atom. The summed E-state index contributed by atoms with van der Waals surface area (Å²) >= 11 is 0. The number of hydrogen-bond donors (Lipinski definition) is 0. The van der Waals surface area contributed by atoms with Crippen molar-refractivity contribution < 1.29 is 91.5 Å². The van der Waals surface area contributed by atoms with Crippen LogP contribution in [0.3, 0.4) is 0 Å². The molecule has 178 valence electrons. The average Bonchev–Trinajstić information content (AvgIpc) is 2.66. The molecule has 0 rings (SSSR count). The van der Waals surface area contributed by atoms with Crippen molar-refractivity contribution >= 4 is 22.1 Å². The van der Waals surface area contributed by atoms with E-state index < -0.39 is 39.8 Å². The largest absolute Gasteiger partial charge is 1.00 e. The second-order valence-corrected chi connectivity index (χ2v) is 9.64. The number of rotatable bonds is 20. The van der Waals surface area contributed by atoms with Gasteiger partial charge in [0.2, 0.25) is 0 Å². The van der Waals surface area contributed by atoms with Gasteiger partial charge in [0, 0.05) is 12.4 Å². The molecule has 0 saturated heterocycles. The van der Waals surface area contributed by atoms with E-state index in [1.807, 2.05) is 0 Å². The Balaban J connectivity index is -0.00000420. The minimum atomic E-state index is -5.12. The molecule has 0 aliphatic carbocycles. The van der Waals surface area contributed by atoms with Crippen molar-refractivity contribution in [2.45, 2.75) is 128 Å². The van der Waals surface area contributed by atoms with Crippen molar-refractivity contribution in [1.82, 2.24) is 0 Å². The van der Waals surface area contributed by atoms with Gasteiger partial charge >= 0.3 is 65.1 Å². The Morgan fingerprint density at radius 2 is 1.12 bits per heavy atom. The van der Waals surface area contributed by atoms with E-state index >= 15 is 0 Å². The van der Waals surface area contributed by atoms with Crippen molar-refractivity contribution in [3.05, 3.63) is 0 Å². The molecule has 0 bridgehead atoms. The van der Waals surface area contributed by atoms with Crippen LogP contribution in [0.1, 0.15) is 117 Å². The van der Waals surface area contributed by atoms with Crippen molar-refractivity contribution in [3.8, 4) is 0 Å². The molecule has 32 heavy (non-hydrogen) atoms. The molecule has 7 nitrogen and oxygen atoms in total. The van der Waals surface area contributed by atoms with E-state index in [9.17, 15) is 27.7 Å². The van der Waals surface area contributed by atoms with Crippen LogP contribution in [-0.4, -0.2) is 36.3 Å². The molecule has 0 spiro atoms. The van der Waals surface area contributed by atoms with Crippen LogP contribution in [0.15, 0.2) is 0 Å². The molecular formula is C22H40Na2O7S. The number of carboxylic acid groups (broad SMARTS) is 1. The first-order valence-corrected chi connectivity index (χ1v) is 13.0. The Bertz CT molecular complexity index is 571. The number of unbranched alkanes of at least 4 members (excludes halogenated alkanes) is 11. The summed E-state index contributed by atoms with van der Waals surface area (Å²) in [5.74, 6) is -3.04. The molecule has 2 unspecified atom stereocenters. The predicted octanol–water partition coefficient (Wildman–Crippen LogP) is -2.15. The van der Waals surface area contributed by atoms with Gasteiger partial charge in [0.1, 0.15) is 16.2 Å². The molecule has 0 radical (unpaired) electrons. The maximum atomic E-state index is 12.2. The average molecular weight is 495 g/mol. The number of carbonyl (C=O) groups is 2. The SMILES string of the molecule is CCCCCCCCCC(CCCCCCCC)OC(=O)C(CC(=O)[O-])S(=O)(=O)[O-].[Na+].[Na+]. The zero-order chi connectivity index (χ0) is 22.8. The molecule has 0 aromatic heterocycles. The summed E-state index contributed by atoms with van der Waals surface area (Å²) in [5, 5.41) is 8.49. The summed E-state index contributed by atoms with van der Waals surface area (Å²) in [4.78, 5) is 23.0. The van der Waals surface area contributed by atoms with E-state index in [-0.39, 0.29) is 59.1 Å². The van der Waals surface area contributed by atoms with Gasteiger partial charge in [0.25, 0.3) is 0 Å². The molecular weight excluding hydrogens is 454 g/mol. The van der Waals surface area contributed by atoms with Crippen molar-refractivity contribution in [2.75, 3.05) is 0 Å². The maximum absolute atomic E-state index is 12.2. The van der Waals surface area contributed by atoms with E-state index in [4.69, 9.17) is 4.74 Å². The topological polar surface area (TPSA) is 124 Å². The first-order valence-electron chi connectivity index (χ1n) is 11.6. The van der Waals surface area contributed by atoms with Gasteiger partial charge in [-0.05, 0) is 25.7 Å². The monoisotopic (exact) mass is 494 g/mol. The summed E-state index contributed by atoms with van der Waals surface area (Å²) in [6.07, 6.45) is 13.6. The van der Waals surface area contributed by atoms with Gasteiger partial charge in [-0.3, -0.25) is 4.79 Å². The fraction of sp³-hybridized carbons (Fsp3) is 0.909. The molecule has 0 aliphatic rings. The molecule has 2 atom stereocenters. The van der Waals surface area contributed by atoms with Crippen LogP contribution in [0.2, 0.25) is 0 Å². The molecule has 0 saturated carbocycles. The van der Waals surface area contributed by atoms with Gasteiger partial charge in [-0.15, -0.1) is 0 Å². The van der Waals surface area contributed by atoms with Gasteiger partial charge in [-0.25, -0.2) is 8.42 Å². The molecule has 0 aromatic carbocycles. The summed E-state index contributed by atoms with van der Waals surface area (Å²) in [7, 11) is -5.12. The van der Waals surface area contributed by atoms with Gasteiger partial charge in [-0.2, -0.15) is 0 Å². The normalized spacial score (nSPS) is 12.8. The summed E-state index contributed by atoms with van der Waals surface area (Å²) < 4.78 is 39.2. The second kappa shape index (κ2) is 23.6. The van der Waals surface area contributed by atoms with Crippen LogP contribution in [0, 0.1) is 0 Å². The number of esters is 1. The first kappa shape index (κ1) is 37.4. The molecule has 0 heterocycles. The molecule has 0 aliphatic heterocycles. The molecule has 10 heteroatoms. The van der Waals surface area contributed by atoms with Gasteiger partial charge in [-0.1, -0.05) is 84.5 Å². The molecule has 0 amide bonds. The first-order chi connectivity index (χ1) is 14.2. The van der Waals surface area contributed by atoms with Gasteiger partial charge in [0.05, 0.1) is 0 Å². The van der Waals surface area contributed by atoms with E-state index in [1.165, 1.54) is 25.7 Å². The summed E-state index contributed by atoms with van der Waals surface area (Å²) in [6, 6.07) is 0. The minimum absolute atomic E-state index is 0. The fourth-order valence-electron chi connectivity index (χ4n) is 3.44. The second-order valence-electron chi connectivity index (χ2n) is 8.08. The third kappa shape index (κ3) is 21.4. The number of carboxylic acids is 1. The molecule has 0 fully saturated rings. The third-order valence-electron chi connectivity index (χ3n) is 5.26. The standard InChI is InChI=1S/C22H42O7S.2Na/c1-3-5-7-9-11-13-15-17-19(16-14-12-10-8-6-4-2)29-22(25)20(18-21(23)24)30(26,27)28;;/h19-20H,3-18H2,1-2H3,(H,23,24)(H,26,27,28);;/q;2*+1/p-2. The van der Waals surface area contributed by atoms with Crippen molar-refractivity contribution in [2.24, 2.45) is 0 Å². The Morgan fingerprint density at radius 1 is 0.750 bits per heavy atom. The fourth-order valence-corrected chi connectivity index (χ4v) is 4.07. The van der Waals surface area contributed by atoms with Crippen LogP contribution in [0.4, 0.5) is 0 Å². The predicted molar refractivity (Wildman–Crippen MR) is 114 cm³/mol. The van der Waals surface area contributed by atoms with Crippen molar-refractivity contribution in [3.63, 3.8) is 0 Å². The Labute approximate surface area is 239 Å². The zero-order valence-corrected chi connectivity index (χ0v) is 25.6. The van der Waals surface area contributed by atoms with E-state index in [2.05, 4.69) is 13.8 Å². The molecule has 0 N–H and O–H groups in total. The van der Waals surface area contributed by atoms with Crippen molar-refractivity contribution in [1.29, 1.82) is 0 Å². The van der Waals surface area contributed by atoms with Crippen LogP contribution >= 0.6 is 0 Å². The van der Waals surface area contributed by atoms with Gasteiger partial charge in [0.15, 0.2) is 5.25 Å². The summed E-state index contributed by atoms with van der Waals surface area (Å²) in [5.41, 5.74) is 0. The van der Waals surface area contributed by atoms with Crippen LogP contribution < -0.4 is 64.2 Å². The number of carbonyl (C=O) groups excluding carboxylic acids is 2. The smallest absolute Gasteiger partial charge is 0.747 e. The van der Waals surface area contributed by atoms with Gasteiger partial charge < -0.3 is 19.2 Å². The Kier molecular flexibility index (Phi) is 27.6. The van der Waals surface area contributed by atoms with E-state index in [0.29, 0.717) is 12.8 Å². The van der Waals surface area contributed by atoms with E-state index in [1.54, 1.807) is 0 Å². The zero-order valence-electron chi connectivity index (χ0n) is 20.7. The van der Waals surface area contributed by atoms with Crippen LogP contribution in [0.5, 0.6) is 0 Å². The number of aliphatic carboxylic acids is 1. The maximum Gasteiger partial charge on any atom is 1.00 e. The number of ether oxygens (including phenoxy) is 1. The number of hydrogen-bond acceptors (Lipinski definition) is 7. The quantitative estimate of drug-likeness (QED) is 0.0818. The van der Waals surface area contributed by atoms with Crippen LogP contribution in [-0.2, 0) is 24.4 Å². The summed E-state index contributed by atoms with van der Waals surface area (Å²) in [6.45, 7) is 4.31.